The predicted octanol–water partition coefficient (Wildman–Crippen LogP) is 2.25. The maximum atomic E-state index is 12.6. The first-order valence-corrected chi connectivity index (χ1v) is 8.78. The number of amides is 2. The number of benzene rings is 1. The van der Waals surface area contributed by atoms with Crippen LogP contribution in [0.5, 0.6) is 0 Å². The molecular formula is C20H19N5O2. The zero-order valence-corrected chi connectivity index (χ0v) is 14.7. The molecule has 4 rings (SSSR count). The molecule has 3 heterocycles. The van der Waals surface area contributed by atoms with E-state index in [1.54, 1.807) is 22.0 Å². The molecule has 2 aromatic heterocycles. The third kappa shape index (κ3) is 3.87. The normalized spacial score (nSPS) is 16.5. The van der Waals surface area contributed by atoms with Crippen molar-refractivity contribution in [1.82, 2.24) is 19.7 Å². The highest BCUT2D eigenvalue weighted by molar-refractivity contribution is 5.97. The number of nitrogens with one attached hydrogen (secondary N) is 1. The molecule has 1 N–H and O–H groups in total. The lowest BCUT2D eigenvalue weighted by Crippen LogP contribution is -2.28. The largest absolute Gasteiger partial charge is 0.336 e. The van der Waals surface area contributed by atoms with Gasteiger partial charge in [-0.25, -0.2) is 4.68 Å². The van der Waals surface area contributed by atoms with E-state index in [2.05, 4.69) is 15.4 Å². The van der Waals surface area contributed by atoms with Crippen LogP contribution in [0.25, 0.3) is 5.69 Å². The van der Waals surface area contributed by atoms with Gasteiger partial charge in [-0.1, -0.05) is 12.1 Å². The summed E-state index contributed by atoms with van der Waals surface area (Å²) in [4.78, 5) is 30.8. The van der Waals surface area contributed by atoms with E-state index < -0.39 is 0 Å². The molecule has 0 aliphatic carbocycles. The third-order valence-electron chi connectivity index (χ3n) is 4.55. The third-order valence-corrected chi connectivity index (χ3v) is 4.55. The lowest BCUT2D eigenvalue weighted by atomic mass is 10.1. The molecule has 0 saturated carbocycles. The molecule has 27 heavy (non-hydrogen) atoms. The highest BCUT2D eigenvalue weighted by atomic mass is 16.2. The molecule has 0 bridgehead atoms. The van der Waals surface area contributed by atoms with Crippen LogP contribution in [0.4, 0.5) is 5.69 Å². The summed E-state index contributed by atoms with van der Waals surface area (Å²) in [7, 11) is 0. The van der Waals surface area contributed by atoms with Crippen LogP contribution in [0.1, 0.15) is 12.1 Å². The van der Waals surface area contributed by atoms with Crippen LogP contribution in [0.15, 0.2) is 67.1 Å². The van der Waals surface area contributed by atoms with Crippen LogP contribution >= 0.6 is 0 Å². The maximum Gasteiger partial charge on any atom is 0.229 e. The lowest BCUT2D eigenvalue weighted by molar-refractivity contribution is -0.128. The molecule has 1 saturated heterocycles. The van der Waals surface area contributed by atoms with Crippen molar-refractivity contribution in [3.8, 4) is 5.69 Å². The Morgan fingerprint density at radius 2 is 2.07 bits per heavy atom. The molecule has 0 spiro atoms. The summed E-state index contributed by atoms with van der Waals surface area (Å²) in [5, 5.41) is 7.11. The zero-order chi connectivity index (χ0) is 18.6. The molecule has 2 amide bonds. The van der Waals surface area contributed by atoms with Gasteiger partial charge in [-0.3, -0.25) is 14.6 Å². The second-order valence-electron chi connectivity index (χ2n) is 6.49. The average molecular weight is 361 g/mol. The maximum absolute atomic E-state index is 12.6. The number of hydrogen-bond acceptors (Lipinski definition) is 4. The zero-order valence-electron chi connectivity index (χ0n) is 14.7. The molecule has 7 nitrogen and oxygen atoms in total. The second-order valence-corrected chi connectivity index (χ2v) is 6.49. The molecule has 7 heteroatoms. The molecule has 1 unspecified atom stereocenters. The van der Waals surface area contributed by atoms with E-state index >= 15 is 0 Å². The van der Waals surface area contributed by atoms with Crippen LogP contribution in [0.2, 0.25) is 0 Å². The molecule has 0 radical (unpaired) electrons. The quantitative estimate of drug-likeness (QED) is 0.756. The number of likely N-dealkylation sites (tertiary alicyclic amines) is 1. The van der Waals surface area contributed by atoms with Crippen molar-refractivity contribution in [2.75, 3.05) is 11.9 Å². The van der Waals surface area contributed by atoms with E-state index in [9.17, 15) is 9.59 Å². The number of nitrogens with zero attached hydrogens (tertiary/aromatic N) is 4. The summed E-state index contributed by atoms with van der Waals surface area (Å²) < 4.78 is 1.73. The average Bonchev–Trinajstić information content (AvgIpc) is 3.34. The first-order valence-electron chi connectivity index (χ1n) is 8.78. The van der Waals surface area contributed by atoms with Gasteiger partial charge in [0.25, 0.3) is 0 Å². The van der Waals surface area contributed by atoms with Crippen molar-refractivity contribution in [2.24, 2.45) is 5.92 Å². The second kappa shape index (κ2) is 7.41. The topological polar surface area (TPSA) is 80.1 Å². The predicted molar refractivity (Wildman–Crippen MR) is 100.0 cm³/mol. The van der Waals surface area contributed by atoms with E-state index in [-0.39, 0.29) is 24.2 Å². The van der Waals surface area contributed by atoms with Crippen LogP contribution in [0.3, 0.4) is 0 Å². The van der Waals surface area contributed by atoms with Gasteiger partial charge in [-0.2, -0.15) is 5.10 Å². The van der Waals surface area contributed by atoms with E-state index in [1.165, 1.54) is 0 Å². The number of rotatable bonds is 5. The number of pyridine rings is 1. The van der Waals surface area contributed by atoms with Gasteiger partial charge in [0, 0.05) is 37.2 Å². The van der Waals surface area contributed by atoms with Gasteiger partial charge in [0.1, 0.15) is 0 Å². The SMILES string of the molecule is O=C(Nc1cccc(-n2cccn2)c1)C1CC(=O)N(Cc2ccccn2)C1. The van der Waals surface area contributed by atoms with Crippen LogP contribution < -0.4 is 5.32 Å². The monoisotopic (exact) mass is 361 g/mol. The number of anilines is 1. The fraction of sp³-hybridized carbons (Fsp3) is 0.200. The summed E-state index contributed by atoms with van der Waals surface area (Å²) in [5.74, 6) is -0.537. The lowest BCUT2D eigenvalue weighted by Gasteiger charge is -2.16. The minimum Gasteiger partial charge on any atom is -0.336 e. The molecule has 1 aliphatic rings. The van der Waals surface area contributed by atoms with Crippen LogP contribution in [0, 0.1) is 5.92 Å². The Labute approximate surface area is 156 Å². The molecule has 1 aromatic carbocycles. The Hall–Kier alpha value is -3.48. The summed E-state index contributed by atoms with van der Waals surface area (Å²) in [6, 6.07) is 14.9. The van der Waals surface area contributed by atoms with Gasteiger partial charge in [-0.05, 0) is 36.4 Å². The first kappa shape index (κ1) is 17.0. The van der Waals surface area contributed by atoms with Gasteiger partial charge >= 0.3 is 0 Å². The van der Waals surface area contributed by atoms with Crippen molar-refractivity contribution in [1.29, 1.82) is 0 Å². The van der Waals surface area contributed by atoms with Crippen LogP contribution in [-0.2, 0) is 16.1 Å². The van der Waals surface area contributed by atoms with Crippen LogP contribution in [-0.4, -0.2) is 38.0 Å². The number of carbonyl (C=O) groups excluding carboxylic acids is 2. The standard InChI is InChI=1S/C20H19N5O2/c26-19-11-15(13-24(19)14-17-5-1-2-8-21-17)20(27)23-16-6-3-7-18(12-16)25-10-4-9-22-25/h1-10,12,15H,11,13-14H2,(H,23,27). The molecule has 136 valence electrons. The Balaban J connectivity index is 1.40. The molecule has 1 aliphatic heterocycles. The van der Waals surface area contributed by atoms with E-state index in [4.69, 9.17) is 0 Å². The van der Waals surface area contributed by atoms with E-state index in [0.29, 0.717) is 18.8 Å². The Morgan fingerprint density at radius 3 is 2.85 bits per heavy atom. The number of aromatic nitrogens is 3. The highest BCUT2D eigenvalue weighted by Gasteiger charge is 2.34. The minimum absolute atomic E-state index is 0.0221. The number of carbonyl (C=O) groups is 2. The summed E-state index contributed by atoms with van der Waals surface area (Å²) in [6.45, 7) is 0.832. The van der Waals surface area contributed by atoms with E-state index in [0.717, 1.165) is 11.4 Å². The van der Waals surface area contributed by atoms with Crippen molar-refractivity contribution >= 4 is 17.5 Å². The Morgan fingerprint density at radius 1 is 1.15 bits per heavy atom. The molecule has 3 aromatic rings. The Bertz CT molecular complexity index is 940. The summed E-state index contributed by atoms with van der Waals surface area (Å²) >= 11 is 0. The Kier molecular flexibility index (Phi) is 4.65. The summed E-state index contributed by atoms with van der Waals surface area (Å²) in [6.07, 6.45) is 5.46. The van der Waals surface area contributed by atoms with Gasteiger partial charge < -0.3 is 10.2 Å². The highest BCUT2D eigenvalue weighted by Crippen LogP contribution is 2.22. The van der Waals surface area contributed by atoms with Crippen molar-refractivity contribution in [2.45, 2.75) is 13.0 Å². The van der Waals surface area contributed by atoms with Crippen molar-refractivity contribution in [3.63, 3.8) is 0 Å². The number of hydrogen-bond donors (Lipinski definition) is 1. The fourth-order valence-electron chi connectivity index (χ4n) is 3.18. The van der Waals surface area contributed by atoms with E-state index in [1.807, 2.05) is 54.7 Å². The van der Waals surface area contributed by atoms with Gasteiger partial charge in [0.05, 0.1) is 23.8 Å². The fourth-order valence-corrected chi connectivity index (χ4v) is 3.18. The molecular weight excluding hydrogens is 342 g/mol. The minimum atomic E-state index is -0.366. The van der Waals surface area contributed by atoms with Gasteiger partial charge in [0.15, 0.2) is 0 Å². The van der Waals surface area contributed by atoms with Gasteiger partial charge in [0.2, 0.25) is 11.8 Å². The van der Waals surface area contributed by atoms with Crippen molar-refractivity contribution in [3.05, 3.63) is 72.8 Å². The van der Waals surface area contributed by atoms with Crippen molar-refractivity contribution < 1.29 is 9.59 Å². The van der Waals surface area contributed by atoms with Gasteiger partial charge in [-0.15, -0.1) is 0 Å². The molecule has 1 fully saturated rings. The molecule has 1 atom stereocenters. The smallest absolute Gasteiger partial charge is 0.229 e. The first-order chi connectivity index (χ1) is 13.2. The summed E-state index contributed by atoms with van der Waals surface area (Å²) in [5.41, 5.74) is 2.36.